The van der Waals surface area contributed by atoms with Gasteiger partial charge in [0.25, 0.3) is 11.8 Å². The maximum absolute atomic E-state index is 12.0. The van der Waals surface area contributed by atoms with Crippen molar-refractivity contribution in [3.63, 3.8) is 0 Å². The Kier molecular flexibility index (Phi) is 13.1. The van der Waals surface area contributed by atoms with Crippen LogP contribution in [0, 0.1) is 13.8 Å². The molecule has 0 unspecified atom stereocenters. The second-order valence-corrected chi connectivity index (χ2v) is 12.4. The van der Waals surface area contributed by atoms with E-state index in [9.17, 15) is 29.1 Å². The summed E-state index contributed by atoms with van der Waals surface area (Å²) in [6, 6.07) is 15.2. The topological polar surface area (TPSA) is 159 Å². The maximum Gasteiger partial charge on any atom is 0.336 e. The predicted octanol–water partition coefficient (Wildman–Crippen LogP) is 6.50. The van der Waals surface area contributed by atoms with Crippen molar-refractivity contribution in [2.45, 2.75) is 73.1 Å². The number of carboxylic acids is 1. The molecule has 1 aliphatic carbocycles. The molecule has 2 aromatic rings. The molecule has 5 rings (SSSR count). The highest BCUT2D eigenvalue weighted by atomic mass is 16.7. The normalized spacial score (nSPS) is 13.0. The van der Waals surface area contributed by atoms with Crippen molar-refractivity contribution in [3.05, 3.63) is 70.6 Å². The van der Waals surface area contributed by atoms with Crippen LogP contribution in [0.2, 0.25) is 0 Å². The van der Waals surface area contributed by atoms with Crippen LogP contribution in [-0.2, 0) is 24.0 Å². The molecule has 0 spiro atoms. The molecule has 0 bridgehead atoms. The Bertz CT molecular complexity index is 1970. The smallest absolute Gasteiger partial charge is 0.336 e. The third-order valence-corrected chi connectivity index (χ3v) is 8.62. The average Bonchev–Trinajstić information content (AvgIpc) is 3.40. The Labute approximate surface area is 297 Å². The zero-order chi connectivity index (χ0) is 37.2. The second-order valence-electron chi connectivity index (χ2n) is 12.4. The Morgan fingerprint density at radius 2 is 1.67 bits per heavy atom. The van der Waals surface area contributed by atoms with Crippen LogP contribution in [0.15, 0.2) is 57.9 Å². The zero-order valence-corrected chi connectivity index (χ0v) is 30.1. The number of carbonyl (C=O) groups is 5. The number of amides is 3. The van der Waals surface area contributed by atoms with Gasteiger partial charge in [-0.3, -0.25) is 19.4 Å². The van der Waals surface area contributed by atoms with Crippen LogP contribution in [0.4, 0.5) is 5.69 Å². The second kappa shape index (κ2) is 17.4. The predicted molar refractivity (Wildman–Crippen MR) is 194 cm³/mol. The van der Waals surface area contributed by atoms with Crippen molar-refractivity contribution in [1.29, 1.82) is 0 Å². The summed E-state index contributed by atoms with van der Waals surface area (Å²) in [6.45, 7) is 11.7. The van der Waals surface area contributed by atoms with E-state index < -0.39 is 23.8 Å². The van der Waals surface area contributed by atoms with Crippen LogP contribution in [0.5, 0.6) is 0 Å². The summed E-state index contributed by atoms with van der Waals surface area (Å²) in [4.78, 5) is 67.8. The number of hydrogen-bond donors (Lipinski definition) is 2. The molecule has 0 aromatic heterocycles. The fourth-order valence-corrected chi connectivity index (χ4v) is 5.85. The lowest BCUT2D eigenvalue weighted by Crippen LogP contribution is -2.31. The van der Waals surface area contributed by atoms with Gasteiger partial charge in [-0.05, 0) is 75.4 Å². The summed E-state index contributed by atoms with van der Waals surface area (Å²) in [5.74, 6) is -1.76. The molecular weight excluding hydrogens is 652 g/mol. The summed E-state index contributed by atoms with van der Waals surface area (Å²) < 4.78 is 6.35. The van der Waals surface area contributed by atoms with Gasteiger partial charge < -0.3 is 24.6 Å². The highest BCUT2D eigenvalue weighted by Gasteiger charge is 2.32. The first-order valence-electron chi connectivity index (χ1n) is 17.2. The molecule has 3 amide bonds. The largest absolute Gasteiger partial charge is 0.478 e. The molecule has 0 atom stereocenters. The third kappa shape index (κ3) is 9.39. The van der Waals surface area contributed by atoms with Crippen molar-refractivity contribution < 1.29 is 38.3 Å². The molecule has 12 nitrogen and oxygen atoms in total. The van der Waals surface area contributed by atoms with Gasteiger partial charge in [-0.2, -0.15) is 0 Å². The molecule has 1 saturated heterocycles. The maximum atomic E-state index is 12.0. The van der Waals surface area contributed by atoms with Crippen molar-refractivity contribution in [1.82, 2.24) is 9.96 Å². The van der Waals surface area contributed by atoms with E-state index in [0.29, 0.717) is 41.5 Å². The van der Waals surface area contributed by atoms with Crippen LogP contribution >= 0.6 is 0 Å². The van der Waals surface area contributed by atoms with Gasteiger partial charge in [-0.15, -0.1) is 5.06 Å². The van der Waals surface area contributed by atoms with E-state index in [-0.39, 0.29) is 30.7 Å². The number of nitrogens with zero attached hydrogens (tertiary/aromatic N) is 3. The molecule has 12 heteroatoms. The number of carbonyl (C=O) groups excluding carboxylic acids is 4. The molecule has 2 aliphatic heterocycles. The molecule has 0 radical (unpaired) electrons. The monoisotopic (exact) mass is 698 g/mol. The number of benzene rings is 3. The van der Waals surface area contributed by atoms with Gasteiger partial charge in [0.2, 0.25) is 5.91 Å². The van der Waals surface area contributed by atoms with E-state index in [1.54, 1.807) is 24.1 Å². The minimum atomic E-state index is -0.951. The standard InChI is InChI=1S/C26H26N2O3.C13H20N2O5/c1-5-27-21-13-23-19(11-15(21)3)25(17-9-7-8-10-18(17)26(29)30)20-12-16(4)22(28-6-2)14-24(20)31-23;1-10(16)14(2)9-5-3-4-6-13(19)20-15-11(17)7-8-12(15)18/h7-14,27H,5-6H2,1-4H3,(H,29,30);3-9H2,1-2H3. The molecule has 270 valence electrons. The Hall–Kier alpha value is -5.52. The number of nitrogens with one attached hydrogen (secondary N) is 1. The van der Waals surface area contributed by atoms with Crippen molar-refractivity contribution >= 4 is 46.3 Å². The lowest BCUT2D eigenvalue weighted by molar-refractivity contribution is -0.197. The summed E-state index contributed by atoms with van der Waals surface area (Å²) in [7, 11) is 1.72. The fourth-order valence-electron chi connectivity index (χ4n) is 5.85. The highest BCUT2D eigenvalue weighted by molar-refractivity contribution is 6.08. The van der Waals surface area contributed by atoms with E-state index in [4.69, 9.17) is 9.25 Å². The lowest BCUT2D eigenvalue weighted by Gasteiger charge is -2.19. The number of hydroxylamine groups is 2. The summed E-state index contributed by atoms with van der Waals surface area (Å²) >= 11 is 0. The highest BCUT2D eigenvalue weighted by Crippen LogP contribution is 2.42. The fraction of sp³-hybridized carbons (Fsp3) is 0.385. The molecule has 3 aliphatic rings. The van der Waals surface area contributed by atoms with Crippen LogP contribution in [0.25, 0.3) is 33.4 Å². The molecule has 1 fully saturated rings. The van der Waals surface area contributed by atoms with E-state index >= 15 is 0 Å². The van der Waals surface area contributed by atoms with Gasteiger partial charge in [-0.25, -0.2) is 9.59 Å². The van der Waals surface area contributed by atoms with Crippen molar-refractivity contribution in [3.8, 4) is 22.5 Å². The molecule has 2 aromatic carbocycles. The number of rotatable bonds is 12. The molecule has 0 saturated carbocycles. The number of hydrogen-bond acceptors (Lipinski definition) is 9. The molecular formula is C39H46N4O8. The van der Waals surface area contributed by atoms with E-state index in [1.165, 1.54) is 6.92 Å². The number of fused-ring (bicyclic) bond motifs is 2. The molecule has 51 heavy (non-hydrogen) atoms. The summed E-state index contributed by atoms with van der Waals surface area (Å²) in [5.41, 5.74) is 6.50. The van der Waals surface area contributed by atoms with E-state index in [1.807, 2.05) is 51.1 Å². The van der Waals surface area contributed by atoms with Crippen LogP contribution in [0.3, 0.4) is 0 Å². The Morgan fingerprint density at radius 3 is 2.31 bits per heavy atom. The lowest BCUT2D eigenvalue weighted by atomic mass is 9.89. The van der Waals surface area contributed by atoms with Gasteiger partial charge in [0.15, 0.2) is 0 Å². The van der Waals surface area contributed by atoms with Gasteiger partial charge >= 0.3 is 11.9 Å². The minimum absolute atomic E-state index is 0.00969. The Morgan fingerprint density at radius 1 is 0.961 bits per heavy atom. The summed E-state index contributed by atoms with van der Waals surface area (Å²) in [6.07, 6.45) is 2.52. The number of anilines is 1. The Balaban J connectivity index is 0.000000253. The van der Waals surface area contributed by atoms with Gasteiger partial charge in [0.05, 0.1) is 10.9 Å². The quantitative estimate of drug-likeness (QED) is 0.0956. The first-order chi connectivity index (χ1) is 24.4. The van der Waals surface area contributed by atoms with Crippen LogP contribution in [0.1, 0.15) is 80.8 Å². The average molecular weight is 699 g/mol. The number of unbranched alkanes of at least 4 members (excludes halogenated alkanes) is 2. The van der Waals surface area contributed by atoms with Crippen LogP contribution in [-0.4, -0.2) is 71.4 Å². The number of carboxylic acid groups (broad SMARTS) is 1. The molecule has 2 heterocycles. The first-order valence-corrected chi connectivity index (χ1v) is 17.2. The third-order valence-electron chi connectivity index (χ3n) is 8.62. The van der Waals surface area contributed by atoms with Crippen molar-refractivity contribution in [2.75, 3.05) is 32.0 Å². The van der Waals surface area contributed by atoms with Gasteiger partial charge in [-0.1, -0.05) is 24.6 Å². The van der Waals surface area contributed by atoms with E-state index in [2.05, 4.69) is 23.3 Å². The minimum Gasteiger partial charge on any atom is -0.478 e. The van der Waals surface area contributed by atoms with Gasteiger partial charge in [0.1, 0.15) is 11.3 Å². The SMILES string of the molecule is CC(=O)N(C)CCCCCC(=O)ON1C(=O)CCC1=O.CCN=c1cc2oc3cc(NCC)c(C)cc3c(-c3ccccc3C(=O)O)c-2cc1C. The number of imide groups is 1. The summed E-state index contributed by atoms with van der Waals surface area (Å²) in [5, 5.41) is 15.6. The number of aromatic carboxylic acids is 1. The van der Waals surface area contributed by atoms with E-state index in [0.717, 1.165) is 58.1 Å². The number of aryl methyl sites for hydroxylation is 2. The van der Waals surface area contributed by atoms with Gasteiger partial charge in [0, 0.05) is 87.2 Å². The van der Waals surface area contributed by atoms with Crippen LogP contribution < -0.4 is 10.7 Å². The first kappa shape index (κ1) is 38.3. The molecule has 2 N–H and O–H groups in total. The van der Waals surface area contributed by atoms with Crippen molar-refractivity contribution in [2.24, 2.45) is 4.99 Å². The zero-order valence-electron chi connectivity index (χ0n) is 30.1.